The van der Waals surface area contributed by atoms with E-state index >= 15 is 0 Å². The van der Waals surface area contributed by atoms with E-state index in [-0.39, 0.29) is 12.5 Å². The Morgan fingerprint density at radius 2 is 2.09 bits per heavy atom. The van der Waals surface area contributed by atoms with Crippen molar-refractivity contribution >= 4 is 5.91 Å². The van der Waals surface area contributed by atoms with Crippen LogP contribution in [0.5, 0.6) is 0 Å². The summed E-state index contributed by atoms with van der Waals surface area (Å²) < 4.78 is 11.8. The first-order valence-electron chi connectivity index (χ1n) is 8.04. The fraction of sp³-hybridized carbons (Fsp3) is 0.647. The second kappa shape index (κ2) is 8.86. The molecule has 1 fully saturated rings. The molecule has 0 amide bonds. The molecule has 0 atom stereocenters. The van der Waals surface area contributed by atoms with Crippen molar-refractivity contribution in [3.05, 3.63) is 29.4 Å². The maximum atomic E-state index is 12.3. The van der Waals surface area contributed by atoms with Gasteiger partial charge in [-0.25, -0.2) is 0 Å². The molecule has 1 heterocycles. The molecular formula is C17H26N2O3. The largest absolute Gasteiger partial charge is 0.382 e. The zero-order valence-corrected chi connectivity index (χ0v) is 13.6. The van der Waals surface area contributed by atoms with E-state index in [1.165, 1.54) is 19.3 Å². The highest BCUT2D eigenvalue weighted by atomic mass is 16.5. The van der Waals surface area contributed by atoms with Gasteiger partial charge in [-0.3, -0.25) is 14.4 Å². The lowest BCUT2D eigenvalue weighted by atomic mass is 9.96. The molecule has 5 nitrogen and oxygen atoms in total. The number of aromatic nitrogens is 1. The molecule has 1 aromatic rings. The quantitative estimate of drug-likeness (QED) is 0.758. The van der Waals surface area contributed by atoms with Crippen LogP contribution in [0, 0.1) is 6.92 Å². The van der Waals surface area contributed by atoms with E-state index in [2.05, 4.69) is 0 Å². The number of carbonyl (C=O) groups excluding carboxylic acids is 1. The van der Waals surface area contributed by atoms with Crippen LogP contribution in [0.4, 0.5) is 0 Å². The molecule has 2 rings (SSSR count). The van der Waals surface area contributed by atoms with E-state index < -0.39 is 0 Å². The second-order valence-electron chi connectivity index (χ2n) is 5.79. The average Bonchev–Trinajstić information content (AvgIpc) is 2.52. The first kappa shape index (κ1) is 16.9. The molecule has 0 N–H and O–H groups in total. The minimum atomic E-state index is -0.0920. The van der Waals surface area contributed by atoms with Crippen LogP contribution in [-0.2, 0) is 9.47 Å². The van der Waals surface area contributed by atoms with Gasteiger partial charge in [0.25, 0.3) is 5.91 Å². The van der Waals surface area contributed by atoms with Crippen LogP contribution in [-0.4, -0.2) is 43.4 Å². The number of pyridine rings is 1. The zero-order valence-electron chi connectivity index (χ0n) is 13.6. The molecule has 0 saturated heterocycles. The lowest BCUT2D eigenvalue weighted by Crippen LogP contribution is -2.32. The summed E-state index contributed by atoms with van der Waals surface area (Å²) in [4.78, 5) is 17.1. The maximum absolute atomic E-state index is 12.3. The Bertz CT molecular complexity index is 545. The van der Waals surface area contributed by atoms with E-state index in [1.54, 1.807) is 17.9 Å². The summed E-state index contributed by atoms with van der Waals surface area (Å²) in [5, 5.41) is 0. The summed E-state index contributed by atoms with van der Waals surface area (Å²) in [5.41, 5.74) is 1.85. The molecular weight excluding hydrogens is 280 g/mol. The van der Waals surface area contributed by atoms with Crippen molar-refractivity contribution in [3.63, 3.8) is 0 Å². The van der Waals surface area contributed by atoms with E-state index in [0.29, 0.717) is 19.3 Å². The molecule has 0 bridgehead atoms. The monoisotopic (exact) mass is 306 g/mol. The van der Waals surface area contributed by atoms with Gasteiger partial charge in [-0.1, -0.05) is 19.3 Å². The minimum absolute atomic E-state index is 0.0459. The number of rotatable bonds is 6. The maximum Gasteiger partial charge on any atom is 0.258 e. The third-order valence-corrected chi connectivity index (χ3v) is 3.91. The molecule has 5 heteroatoms. The van der Waals surface area contributed by atoms with Gasteiger partial charge in [-0.15, -0.1) is 0 Å². The normalized spacial score (nSPS) is 16.9. The van der Waals surface area contributed by atoms with E-state index in [0.717, 1.165) is 23.9 Å². The van der Waals surface area contributed by atoms with Crippen molar-refractivity contribution in [2.75, 3.05) is 26.9 Å². The molecule has 1 aliphatic carbocycles. The van der Waals surface area contributed by atoms with Crippen LogP contribution in [0.1, 0.15) is 42.5 Å². The van der Waals surface area contributed by atoms with Gasteiger partial charge < -0.3 is 9.47 Å². The molecule has 122 valence electrons. The molecule has 0 radical (unpaired) electrons. The van der Waals surface area contributed by atoms with Crippen molar-refractivity contribution in [1.82, 2.24) is 4.57 Å². The van der Waals surface area contributed by atoms with Gasteiger partial charge in [0.2, 0.25) is 0 Å². The predicted molar refractivity (Wildman–Crippen MR) is 84.9 cm³/mol. The zero-order chi connectivity index (χ0) is 15.8. The Hall–Kier alpha value is -1.46. The van der Waals surface area contributed by atoms with Crippen LogP contribution in [0.3, 0.4) is 0 Å². The molecule has 1 aromatic heterocycles. The summed E-state index contributed by atoms with van der Waals surface area (Å²) in [5.74, 6) is -0.0920. The lowest BCUT2D eigenvalue weighted by Gasteiger charge is -2.18. The third-order valence-electron chi connectivity index (χ3n) is 3.91. The number of methoxy groups -OCH3 is 1. The van der Waals surface area contributed by atoms with E-state index in [1.807, 2.05) is 19.1 Å². The predicted octanol–water partition coefficient (Wildman–Crippen LogP) is 2.33. The molecule has 1 saturated carbocycles. The van der Waals surface area contributed by atoms with Gasteiger partial charge in [0.15, 0.2) is 0 Å². The summed E-state index contributed by atoms with van der Waals surface area (Å²) in [6.07, 6.45) is 7.78. The number of hydrogen-bond acceptors (Lipinski definition) is 4. The standard InChI is InChI=1S/C17H26N2O3/c1-14-8-9-19(17(20)13-22-11-10-21-2)16(12-14)18-15-6-4-3-5-7-15/h8-9,12,15H,3-7,10-11,13H2,1-2H3. The van der Waals surface area contributed by atoms with Crippen molar-refractivity contribution in [2.45, 2.75) is 45.1 Å². The molecule has 1 aliphatic rings. The number of nitrogens with zero attached hydrogens (tertiary/aromatic N) is 2. The molecule has 0 spiro atoms. The SMILES string of the molecule is COCCOCC(=O)n1ccc(C)cc1=NC1CCCCC1. The van der Waals surface area contributed by atoms with Gasteiger partial charge in [-0.05, 0) is 37.5 Å². The lowest BCUT2D eigenvalue weighted by molar-refractivity contribution is 0.0511. The number of carbonyl (C=O) groups is 1. The Kier molecular flexibility index (Phi) is 6.80. The van der Waals surface area contributed by atoms with Gasteiger partial charge in [0, 0.05) is 13.3 Å². The van der Waals surface area contributed by atoms with Gasteiger partial charge in [0.05, 0.1) is 19.3 Å². The van der Waals surface area contributed by atoms with Crippen molar-refractivity contribution in [1.29, 1.82) is 0 Å². The summed E-state index contributed by atoms with van der Waals surface area (Å²) in [7, 11) is 1.61. The fourth-order valence-corrected chi connectivity index (χ4v) is 2.67. The number of aryl methyl sites for hydroxylation is 1. The van der Waals surface area contributed by atoms with Crippen molar-refractivity contribution in [3.8, 4) is 0 Å². The Labute approximate surface area is 132 Å². The molecule has 22 heavy (non-hydrogen) atoms. The Morgan fingerprint density at radius 1 is 1.32 bits per heavy atom. The third kappa shape index (κ3) is 5.07. The van der Waals surface area contributed by atoms with Crippen LogP contribution < -0.4 is 5.49 Å². The Balaban J connectivity index is 2.12. The van der Waals surface area contributed by atoms with Gasteiger partial charge >= 0.3 is 0 Å². The number of ether oxygens (including phenoxy) is 2. The fourth-order valence-electron chi connectivity index (χ4n) is 2.67. The highest BCUT2D eigenvalue weighted by Crippen LogP contribution is 2.19. The first-order valence-corrected chi connectivity index (χ1v) is 8.04. The summed E-state index contributed by atoms with van der Waals surface area (Å²) >= 11 is 0. The average molecular weight is 306 g/mol. The van der Waals surface area contributed by atoms with E-state index in [9.17, 15) is 4.79 Å². The van der Waals surface area contributed by atoms with Crippen LogP contribution in [0.15, 0.2) is 23.3 Å². The first-order chi connectivity index (χ1) is 10.7. The van der Waals surface area contributed by atoms with E-state index in [4.69, 9.17) is 14.5 Å². The van der Waals surface area contributed by atoms with Crippen LogP contribution in [0.2, 0.25) is 0 Å². The van der Waals surface area contributed by atoms with Gasteiger partial charge in [0.1, 0.15) is 12.1 Å². The Morgan fingerprint density at radius 3 is 2.82 bits per heavy atom. The van der Waals surface area contributed by atoms with Crippen molar-refractivity contribution < 1.29 is 14.3 Å². The highest BCUT2D eigenvalue weighted by molar-refractivity contribution is 5.79. The topological polar surface area (TPSA) is 52.8 Å². The van der Waals surface area contributed by atoms with Crippen molar-refractivity contribution in [2.24, 2.45) is 4.99 Å². The number of hydrogen-bond donors (Lipinski definition) is 0. The molecule has 0 unspecified atom stereocenters. The second-order valence-corrected chi connectivity index (χ2v) is 5.79. The summed E-state index contributed by atoms with van der Waals surface area (Å²) in [6, 6.07) is 4.23. The minimum Gasteiger partial charge on any atom is -0.382 e. The highest BCUT2D eigenvalue weighted by Gasteiger charge is 2.13. The molecule has 0 aromatic carbocycles. The van der Waals surface area contributed by atoms with Crippen LogP contribution in [0.25, 0.3) is 0 Å². The summed E-state index contributed by atoms with van der Waals surface area (Å²) in [6.45, 7) is 2.98. The van der Waals surface area contributed by atoms with Crippen LogP contribution >= 0.6 is 0 Å². The van der Waals surface area contributed by atoms with Gasteiger partial charge in [-0.2, -0.15) is 0 Å². The molecule has 0 aliphatic heterocycles. The smallest absolute Gasteiger partial charge is 0.258 e.